The van der Waals surface area contributed by atoms with Gasteiger partial charge in [-0.2, -0.15) is 0 Å². The molecule has 5 heteroatoms. The van der Waals surface area contributed by atoms with E-state index in [1.165, 1.54) is 6.42 Å². The van der Waals surface area contributed by atoms with Crippen LogP contribution < -0.4 is 20.8 Å². The van der Waals surface area contributed by atoms with Gasteiger partial charge in [0.05, 0.1) is 12.1 Å². The molecule has 0 amide bonds. The maximum Gasteiger partial charge on any atom is 0.297 e. The minimum atomic E-state index is -0.136. The van der Waals surface area contributed by atoms with Gasteiger partial charge in [-0.15, -0.1) is 0 Å². The fourth-order valence-electron chi connectivity index (χ4n) is 3.21. The Morgan fingerprint density at radius 3 is 2.48 bits per heavy atom. The van der Waals surface area contributed by atoms with E-state index in [4.69, 9.17) is 15.2 Å². The van der Waals surface area contributed by atoms with Crippen LogP contribution in [-0.4, -0.2) is 17.8 Å². The molecule has 0 atom stereocenters. The Morgan fingerprint density at radius 1 is 1.03 bits per heavy atom. The number of allylic oxidation sites excluding steroid dienone is 1. The number of unbranched alkanes of at least 4 members (excludes halogenated alkanes) is 4. The lowest BCUT2D eigenvalue weighted by molar-refractivity contribution is 0.274. The molecule has 0 saturated carbocycles. The van der Waals surface area contributed by atoms with Crippen LogP contribution in [0.4, 0.5) is 5.69 Å². The van der Waals surface area contributed by atoms with E-state index in [9.17, 15) is 4.79 Å². The Hall–Kier alpha value is -2.43. The van der Waals surface area contributed by atoms with Crippen LogP contribution in [0.15, 0.2) is 34.6 Å². The molecule has 0 bridgehead atoms. The summed E-state index contributed by atoms with van der Waals surface area (Å²) in [5.74, 6) is 0.830. The highest BCUT2D eigenvalue weighted by Crippen LogP contribution is 2.34. The standard InChI is InChI=1S/C24H36N2O3/c1-5-7-9-10-14-26-21-17-19(25)11-12-20(21)22(29-16-13-18(3)4)23(24(26)27)28-15-8-6-2/h11-13,17H,5-10,14-16,25H2,1-4H3. The Balaban J connectivity index is 2.55. The molecule has 2 N–H and O–H groups in total. The van der Waals surface area contributed by atoms with E-state index in [1.807, 2.05) is 38.1 Å². The zero-order valence-corrected chi connectivity index (χ0v) is 18.4. The molecule has 2 rings (SSSR count). The average Bonchev–Trinajstić information content (AvgIpc) is 2.68. The van der Waals surface area contributed by atoms with Crippen LogP contribution in [0.25, 0.3) is 10.9 Å². The van der Waals surface area contributed by atoms with Gasteiger partial charge in [0.1, 0.15) is 6.61 Å². The largest absolute Gasteiger partial charge is 0.485 e. The molecule has 1 aromatic heterocycles. The van der Waals surface area contributed by atoms with E-state index in [2.05, 4.69) is 13.8 Å². The van der Waals surface area contributed by atoms with Crippen LogP contribution in [0, 0.1) is 0 Å². The zero-order valence-electron chi connectivity index (χ0n) is 18.4. The molecule has 0 aliphatic heterocycles. The van der Waals surface area contributed by atoms with Crippen molar-refractivity contribution in [3.05, 3.63) is 40.2 Å². The predicted molar refractivity (Wildman–Crippen MR) is 122 cm³/mol. The summed E-state index contributed by atoms with van der Waals surface area (Å²) < 4.78 is 13.8. The van der Waals surface area contributed by atoms with Crippen molar-refractivity contribution in [2.24, 2.45) is 0 Å². The first kappa shape index (κ1) is 22.9. The molecule has 160 valence electrons. The highest BCUT2D eigenvalue weighted by atomic mass is 16.5. The maximum atomic E-state index is 13.4. The van der Waals surface area contributed by atoms with Crippen molar-refractivity contribution < 1.29 is 9.47 Å². The van der Waals surface area contributed by atoms with Crippen LogP contribution in [0.1, 0.15) is 66.2 Å². The molecule has 0 aliphatic carbocycles. The first-order valence-corrected chi connectivity index (χ1v) is 10.8. The summed E-state index contributed by atoms with van der Waals surface area (Å²) in [6.07, 6.45) is 8.26. The number of fused-ring (bicyclic) bond motifs is 1. The van der Waals surface area contributed by atoms with Gasteiger partial charge in [0, 0.05) is 17.6 Å². The number of hydrogen-bond donors (Lipinski definition) is 1. The molecule has 0 spiro atoms. The van der Waals surface area contributed by atoms with Gasteiger partial charge >= 0.3 is 0 Å². The Labute approximate surface area is 174 Å². The van der Waals surface area contributed by atoms with E-state index < -0.39 is 0 Å². The first-order valence-electron chi connectivity index (χ1n) is 10.8. The van der Waals surface area contributed by atoms with Crippen molar-refractivity contribution in [3.63, 3.8) is 0 Å². The molecule has 1 aromatic carbocycles. The van der Waals surface area contributed by atoms with Gasteiger partial charge in [-0.1, -0.05) is 45.1 Å². The van der Waals surface area contributed by atoms with E-state index >= 15 is 0 Å². The van der Waals surface area contributed by atoms with E-state index in [0.717, 1.165) is 48.6 Å². The third kappa shape index (κ3) is 6.28. The fraction of sp³-hybridized carbons (Fsp3) is 0.542. The molecule has 0 fully saturated rings. The van der Waals surface area contributed by atoms with Gasteiger partial charge in [0.25, 0.3) is 5.56 Å². The summed E-state index contributed by atoms with van der Waals surface area (Å²) in [5, 5.41) is 0.864. The van der Waals surface area contributed by atoms with Crippen molar-refractivity contribution in [2.75, 3.05) is 18.9 Å². The smallest absolute Gasteiger partial charge is 0.297 e. The second kappa shape index (κ2) is 11.5. The molecule has 1 heterocycles. The predicted octanol–water partition coefficient (Wildman–Crippen LogP) is 5.69. The van der Waals surface area contributed by atoms with E-state index in [0.29, 0.717) is 36.9 Å². The number of pyridine rings is 1. The summed E-state index contributed by atoms with van der Waals surface area (Å²) >= 11 is 0. The van der Waals surface area contributed by atoms with Crippen molar-refractivity contribution in [2.45, 2.75) is 72.8 Å². The summed E-state index contributed by atoms with van der Waals surface area (Å²) in [7, 11) is 0. The Bertz CT molecular complexity index is 880. The Morgan fingerprint density at radius 2 is 1.79 bits per heavy atom. The number of nitrogen functional groups attached to an aromatic ring is 1. The van der Waals surface area contributed by atoms with Crippen LogP contribution in [0.5, 0.6) is 11.5 Å². The minimum Gasteiger partial charge on any atom is -0.485 e. The van der Waals surface area contributed by atoms with Crippen LogP contribution >= 0.6 is 0 Å². The fourth-order valence-corrected chi connectivity index (χ4v) is 3.21. The molecule has 0 aliphatic rings. The average molecular weight is 401 g/mol. The van der Waals surface area contributed by atoms with E-state index in [-0.39, 0.29) is 5.56 Å². The quantitative estimate of drug-likeness (QED) is 0.282. The Kier molecular flexibility index (Phi) is 9.10. The van der Waals surface area contributed by atoms with Gasteiger partial charge in [-0.05, 0) is 51.0 Å². The number of benzene rings is 1. The number of rotatable bonds is 12. The lowest BCUT2D eigenvalue weighted by atomic mass is 10.1. The van der Waals surface area contributed by atoms with Gasteiger partial charge in [0.15, 0.2) is 5.75 Å². The van der Waals surface area contributed by atoms with Crippen molar-refractivity contribution >= 4 is 16.6 Å². The summed E-state index contributed by atoms with van der Waals surface area (Å²) in [6.45, 7) is 9.87. The van der Waals surface area contributed by atoms with E-state index in [1.54, 1.807) is 4.57 Å². The maximum absolute atomic E-state index is 13.4. The molecule has 5 nitrogen and oxygen atoms in total. The summed E-state index contributed by atoms with van der Waals surface area (Å²) in [6, 6.07) is 5.63. The van der Waals surface area contributed by atoms with Crippen LogP contribution in [0.2, 0.25) is 0 Å². The SMILES string of the molecule is CCCCCCn1c(=O)c(OCCCC)c(OCC=C(C)C)c2ccc(N)cc21. The highest BCUT2D eigenvalue weighted by Gasteiger charge is 2.19. The normalized spacial score (nSPS) is 10.9. The summed E-state index contributed by atoms with van der Waals surface area (Å²) in [4.78, 5) is 13.4. The second-order valence-corrected chi connectivity index (χ2v) is 7.75. The van der Waals surface area contributed by atoms with Crippen molar-refractivity contribution in [1.29, 1.82) is 0 Å². The summed E-state index contributed by atoms with van der Waals surface area (Å²) in [5.41, 5.74) is 8.52. The molecular formula is C24H36N2O3. The van der Waals surface area contributed by atoms with Gasteiger partial charge in [0.2, 0.25) is 5.75 Å². The van der Waals surface area contributed by atoms with Gasteiger partial charge < -0.3 is 19.8 Å². The lowest BCUT2D eigenvalue weighted by Gasteiger charge is -2.18. The van der Waals surface area contributed by atoms with Gasteiger partial charge in [-0.3, -0.25) is 4.79 Å². The number of anilines is 1. The molecule has 2 aromatic rings. The lowest BCUT2D eigenvalue weighted by Crippen LogP contribution is -2.24. The zero-order chi connectivity index (χ0) is 21.2. The number of ether oxygens (including phenoxy) is 2. The first-order chi connectivity index (χ1) is 14.0. The highest BCUT2D eigenvalue weighted by molar-refractivity contribution is 5.90. The molecule has 0 radical (unpaired) electrons. The van der Waals surface area contributed by atoms with Gasteiger partial charge in [-0.25, -0.2) is 0 Å². The third-order valence-electron chi connectivity index (χ3n) is 4.90. The third-order valence-corrected chi connectivity index (χ3v) is 4.90. The number of aromatic nitrogens is 1. The molecule has 0 saturated heterocycles. The number of hydrogen-bond acceptors (Lipinski definition) is 4. The number of aryl methyl sites for hydroxylation is 1. The number of nitrogens with zero attached hydrogens (tertiary/aromatic N) is 1. The molecular weight excluding hydrogens is 364 g/mol. The van der Waals surface area contributed by atoms with Crippen molar-refractivity contribution in [3.8, 4) is 11.5 Å². The second-order valence-electron chi connectivity index (χ2n) is 7.75. The molecule has 29 heavy (non-hydrogen) atoms. The van der Waals surface area contributed by atoms with Crippen molar-refractivity contribution in [1.82, 2.24) is 4.57 Å². The molecule has 0 unspecified atom stereocenters. The monoisotopic (exact) mass is 400 g/mol. The van der Waals surface area contributed by atoms with Crippen LogP contribution in [0.3, 0.4) is 0 Å². The topological polar surface area (TPSA) is 66.5 Å². The van der Waals surface area contributed by atoms with Crippen LogP contribution in [-0.2, 0) is 6.54 Å². The number of nitrogens with two attached hydrogens (primary N) is 1. The minimum absolute atomic E-state index is 0.136.